The van der Waals surface area contributed by atoms with Crippen LogP contribution in [-0.4, -0.2) is 5.78 Å². The third kappa shape index (κ3) is 1.80. The van der Waals surface area contributed by atoms with E-state index in [1.807, 2.05) is 0 Å². The number of benzene rings is 1. The highest BCUT2D eigenvalue weighted by Crippen LogP contribution is 2.19. The number of hydrogen-bond acceptors (Lipinski definition) is 1. The van der Waals surface area contributed by atoms with Crippen LogP contribution in [0.2, 0.25) is 0 Å². The van der Waals surface area contributed by atoms with E-state index < -0.39 is 11.6 Å². The Labute approximate surface area is 74.7 Å². The van der Waals surface area contributed by atoms with Crippen LogP contribution in [0.15, 0.2) is 24.8 Å². The fourth-order valence-corrected chi connectivity index (χ4v) is 0.927. The number of carbonyl (C=O) groups is 1. The number of allylic oxidation sites excluding steroid dienone is 1. The molecule has 1 aromatic rings. The van der Waals surface area contributed by atoms with Crippen molar-refractivity contribution in [3.8, 4) is 0 Å². The molecule has 1 rings (SSSR count). The van der Waals surface area contributed by atoms with Crippen LogP contribution >= 0.6 is 0 Å². The van der Waals surface area contributed by atoms with Gasteiger partial charge in [0.2, 0.25) is 0 Å². The van der Waals surface area contributed by atoms with Crippen molar-refractivity contribution in [2.45, 2.75) is 6.92 Å². The maximum absolute atomic E-state index is 13.0. The first-order chi connectivity index (χ1) is 6.04. The zero-order chi connectivity index (χ0) is 10.0. The van der Waals surface area contributed by atoms with Crippen molar-refractivity contribution in [1.82, 2.24) is 0 Å². The van der Waals surface area contributed by atoms with Crippen LogP contribution in [0.1, 0.15) is 12.5 Å². The lowest BCUT2D eigenvalue weighted by Crippen LogP contribution is -1.99. The highest BCUT2D eigenvalue weighted by molar-refractivity contribution is 6.18. The summed E-state index contributed by atoms with van der Waals surface area (Å²) in [6, 6.07) is 3.65. The van der Waals surface area contributed by atoms with Crippen molar-refractivity contribution in [3.05, 3.63) is 42.0 Å². The van der Waals surface area contributed by atoms with Gasteiger partial charge in [-0.3, -0.25) is 4.79 Å². The molecule has 1 aromatic carbocycles. The molecule has 0 aromatic heterocycles. The number of halogens is 2. The average molecular weight is 182 g/mol. The molecule has 0 saturated carbocycles. The van der Waals surface area contributed by atoms with Gasteiger partial charge in [-0.15, -0.1) is 0 Å². The SMILES string of the molecule is C=C(C(C)=O)c1cccc(F)c1F. The van der Waals surface area contributed by atoms with Crippen molar-refractivity contribution in [2.75, 3.05) is 0 Å². The monoisotopic (exact) mass is 182 g/mol. The van der Waals surface area contributed by atoms with Gasteiger partial charge in [-0.2, -0.15) is 0 Å². The molecule has 0 amide bonds. The third-order valence-corrected chi connectivity index (χ3v) is 1.70. The fourth-order valence-electron chi connectivity index (χ4n) is 0.927. The van der Waals surface area contributed by atoms with Gasteiger partial charge in [0.15, 0.2) is 17.4 Å². The highest BCUT2D eigenvalue weighted by atomic mass is 19.2. The summed E-state index contributed by atoms with van der Waals surface area (Å²) in [7, 11) is 0. The Morgan fingerprint density at radius 2 is 2.00 bits per heavy atom. The van der Waals surface area contributed by atoms with Crippen LogP contribution < -0.4 is 0 Å². The summed E-state index contributed by atoms with van der Waals surface area (Å²) in [6.07, 6.45) is 0. The van der Waals surface area contributed by atoms with Gasteiger partial charge in [-0.1, -0.05) is 18.7 Å². The summed E-state index contributed by atoms with van der Waals surface area (Å²) in [5, 5.41) is 0. The molecule has 1 nitrogen and oxygen atoms in total. The van der Waals surface area contributed by atoms with Crippen LogP contribution in [0.25, 0.3) is 5.57 Å². The van der Waals surface area contributed by atoms with Crippen molar-refractivity contribution in [1.29, 1.82) is 0 Å². The summed E-state index contributed by atoms with van der Waals surface area (Å²) in [5.41, 5.74) is -0.0931. The lowest BCUT2D eigenvalue weighted by Gasteiger charge is -2.03. The van der Waals surface area contributed by atoms with Crippen LogP contribution in [0.3, 0.4) is 0 Å². The largest absolute Gasteiger partial charge is 0.295 e. The molecule has 0 aliphatic carbocycles. The number of hydrogen-bond donors (Lipinski definition) is 0. The Morgan fingerprint density at radius 1 is 1.38 bits per heavy atom. The lowest BCUT2D eigenvalue weighted by atomic mass is 10.0. The summed E-state index contributed by atoms with van der Waals surface area (Å²) in [4.78, 5) is 10.8. The van der Waals surface area contributed by atoms with Gasteiger partial charge in [0.1, 0.15) is 0 Å². The first kappa shape index (κ1) is 9.58. The molecular weight excluding hydrogens is 174 g/mol. The van der Waals surface area contributed by atoms with E-state index in [-0.39, 0.29) is 16.9 Å². The zero-order valence-electron chi connectivity index (χ0n) is 7.10. The first-order valence-corrected chi connectivity index (χ1v) is 3.68. The predicted octanol–water partition coefficient (Wildman–Crippen LogP) is 2.57. The Bertz CT molecular complexity index is 369. The fraction of sp³-hybridized carbons (Fsp3) is 0.100. The van der Waals surface area contributed by atoms with E-state index in [2.05, 4.69) is 6.58 Å². The maximum Gasteiger partial charge on any atom is 0.166 e. The molecule has 0 fully saturated rings. The maximum atomic E-state index is 13.0. The molecule has 3 heteroatoms. The van der Waals surface area contributed by atoms with Gasteiger partial charge in [0.05, 0.1) is 0 Å². The number of carbonyl (C=O) groups excluding carboxylic acids is 1. The Hall–Kier alpha value is -1.51. The Morgan fingerprint density at radius 3 is 2.54 bits per heavy atom. The molecule has 0 N–H and O–H groups in total. The van der Waals surface area contributed by atoms with Crippen molar-refractivity contribution < 1.29 is 13.6 Å². The van der Waals surface area contributed by atoms with E-state index in [0.29, 0.717) is 0 Å². The molecular formula is C10H8F2O. The minimum atomic E-state index is -1.03. The predicted molar refractivity (Wildman–Crippen MR) is 46.1 cm³/mol. The second-order valence-corrected chi connectivity index (χ2v) is 2.64. The highest BCUT2D eigenvalue weighted by Gasteiger charge is 2.12. The van der Waals surface area contributed by atoms with Crippen molar-refractivity contribution >= 4 is 11.4 Å². The molecule has 68 valence electrons. The average Bonchev–Trinajstić information content (AvgIpc) is 2.08. The van der Waals surface area contributed by atoms with Crippen LogP contribution in [0, 0.1) is 11.6 Å². The lowest BCUT2D eigenvalue weighted by molar-refractivity contribution is -0.111. The molecule has 0 aliphatic rings. The number of rotatable bonds is 2. The molecule has 0 atom stereocenters. The first-order valence-electron chi connectivity index (χ1n) is 3.68. The smallest absolute Gasteiger partial charge is 0.166 e. The number of ketones is 1. The van der Waals surface area contributed by atoms with Crippen molar-refractivity contribution in [3.63, 3.8) is 0 Å². The minimum absolute atomic E-state index is 0.0167. The van der Waals surface area contributed by atoms with Gasteiger partial charge in [0, 0.05) is 11.1 Å². The van der Waals surface area contributed by atoms with Gasteiger partial charge >= 0.3 is 0 Å². The molecule has 13 heavy (non-hydrogen) atoms. The van der Waals surface area contributed by atoms with Gasteiger partial charge < -0.3 is 0 Å². The molecule has 0 heterocycles. The third-order valence-electron chi connectivity index (χ3n) is 1.70. The quantitative estimate of drug-likeness (QED) is 0.642. The van der Waals surface area contributed by atoms with Gasteiger partial charge in [-0.25, -0.2) is 8.78 Å². The molecule has 0 unspecified atom stereocenters. The standard InChI is InChI=1S/C10H8F2O/c1-6(7(2)13)8-4-3-5-9(11)10(8)12/h3-5H,1H2,2H3. The van der Waals surface area contributed by atoms with Crippen LogP contribution in [0.5, 0.6) is 0 Å². The summed E-state index contributed by atoms with van der Waals surface area (Å²) >= 11 is 0. The Kier molecular flexibility index (Phi) is 2.56. The summed E-state index contributed by atoms with van der Waals surface area (Å²) < 4.78 is 25.7. The Balaban J connectivity index is 3.23. The molecule has 0 aliphatic heterocycles. The summed E-state index contributed by atoms with van der Waals surface area (Å²) in [6.45, 7) is 4.63. The molecule has 0 radical (unpaired) electrons. The van der Waals surface area contributed by atoms with Gasteiger partial charge in [-0.05, 0) is 13.0 Å². The minimum Gasteiger partial charge on any atom is -0.295 e. The van der Waals surface area contributed by atoms with E-state index in [1.165, 1.54) is 19.1 Å². The van der Waals surface area contributed by atoms with E-state index in [0.717, 1.165) is 6.07 Å². The summed E-state index contributed by atoms with van der Waals surface area (Å²) in [5.74, 6) is -2.37. The number of Topliss-reactive ketones (excluding diaryl/α,β-unsaturated/α-hetero) is 1. The normalized spacial score (nSPS) is 9.77. The van der Waals surface area contributed by atoms with E-state index in [9.17, 15) is 13.6 Å². The van der Waals surface area contributed by atoms with Crippen molar-refractivity contribution in [2.24, 2.45) is 0 Å². The molecule has 0 saturated heterocycles. The molecule has 0 bridgehead atoms. The zero-order valence-corrected chi connectivity index (χ0v) is 7.10. The van der Waals surface area contributed by atoms with E-state index in [4.69, 9.17) is 0 Å². The van der Waals surface area contributed by atoms with Crippen LogP contribution in [0.4, 0.5) is 8.78 Å². The second-order valence-electron chi connectivity index (χ2n) is 2.64. The van der Waals surface area contributed by atoms with Crippen LogP contribution in [-0.2, 0) is 4.79 Å². The van der Waals surface area contributed by atoms with Gasteiger partial charge in [0.25, 0.3) is 0 Å². The van der Waals surface area contributed by atoms with E-state index >= 15 is 0 Å². The molecule has 0 spiro atoms. The van der Waals surface area contributed by atoms with E-state index in [1.54, 1.807) is 0 Å². The second kappa shape index (κ2) is 3.47. The topological polar surface area (TPSA) is 17.1 Å².